The second kappa shape index (κ2) is 8.07. The molecule has 0 radical (unpaired) electrons. The molecule has 0 aliphatic heterocycles. The van der Waals surface area contributed by atoms with Crippen molar-refractivity contribution >= 4 is 8.30 Å². The van der Waals surface area contributed by atoms with Crippen molar-refractivity contribution in [3.05, 3.63) is 0 Å². The SMILES string of the molecule is C#CCCOP(C(C)C)N(C(C)C)C(C)C. The van der Waals surface area contributed by atoms with Crippen LogP contribution >= 0.6 is 8.30 Å². The van der Waals surface area contributed by atoms with Gasteiger partial charge in [-0.15, -0.1) is 12.3 Å². The van der Waals surface area contributed by atoms with Crippen LogP contribution in [0, 0.1) is 12.3 Å². The molecule has 0 aromatic carbocycles. The van der Waals surface area contributed by atoms with E-state index in [1.54, 1.807) is 0 Å². The van der Waals surface area contributed by atoms with E-state index < -0.39 is 8.30 Å². The number of hydrogen-bond acceptors (Lipinski definition) is 2. The number of terminal acetylenes is 1. The summed E-state index contributed by atoms with van der Waals surface area (Å²) in [5.74, 6) is 2.63. The van der Waals surface area contributed by atoms with Gasteiger partial charge in [-0.1, -0.05) is 13.8 Å². The number of rotatable bonds is 7. The van der Waals surface area contributed by atoms with Gasteiger partial charge in [0.15, 0.2) is 0 Å². The molecular weight excluding hydrogens is 217 g/mol. The van der Waals surface area contributed by atoms with Gasteiger partial charge in [0.25, 0.3) is 0 Å². The maximum atomic E-state index is 5.98. The van der Waals surface area contributed by atoms with Gasteiger partial charge in [0.05, 0.1) is 6.61 Å². The van der Waals surface area contributed by atoms with E-state index >= 15 is 0 Å². The molecule has 0 saturated carbocycles. The Bertz CT molecular complexity index is 212. The van der Waals surface area contributed by atoms with Crippen LogP contribution in [0.3, 0.4) is 0 Å². The van der Waals surface area contributed by atoms with Crippen molar-refractivity contribution in [1.29, 1.82) is 0 Å². The quantitative estimate of drug-likeness (QED) is 0.382. The largest absolute Gasteiger partial charge is 0.342 e. The van der Waals surface area contributed by atoms with Crippen molar-refractivity contribution in [2.24, 2.45) is 0 Å². The van der Waals surface area contributed by atoms with Gasteiger partial charge in [-0.25, -0.2) is 0 Å². The van der Waals surface area contributed by atoms with Crippen LogP contribution < -0.4 is 0 Å². The minimum atomic E-state index is -0.536. The Hall–Kier alpha value is -0.0900. The van der Waals surface area contributed by atoms with Crippen LogP contribution in [0.4, 0.5) is 0 Å². The smallest absolute Gasteiger partial charge is 0.107 e. The summed E-state index contributed by atoms with van der Waals surface area (Å²) in [7, 11) is -0.536. The first-order chi connectivity index (χ1) is 7.41. The molecular formula is C13H26NOP. The minimum absolute atomic E-state index is 0.513. The third-order valence-corrected chi connectivity index (χ3v) is 4.91. The zero-order valence-electron chi connectivity index (χ0n) is 11.5. The summed E-state index contributed by atoms with van der Waals surface area (Å²) in [4.78, 5) is 0. The van der Waals surface area contributed by atoms with Gasteiger partial charge < -0.3 is 4.52 Å². The first-order valence-electron chi connectivity index (χ1n) is 6.05. The molecule has 16 heavy (non-hydrogen) atoms. The van der Waals surface area contributed by atoms with Crippen molar-refractivity contribution in [3.8, 4) is 12.3 Å². The zero-order valence-corrected chi connectivity index (χ0v) is 12.4. The van der Waals surface area contributed by atoms with E-state index in [0.29, 0.717) is 30.8 Å². The third-order valence-electron chi connectivity index (χ3n) is 2.20. The highest BCUT2D eigenvalue weighted by Gasteiger charge is 2.27. The Morgan fingerprint density at radius 1 is 1.12 bits per heavy atom. The fourth-order valence-corrected chi connectivity index (χ4v) is 3.89. The minimum Gasteiger partial charge on any atom is -0.342 e. The van der Waals surface area contributed by atoms with Crippen molar-refractivity contribution in [1.82, 2.24) is 4.67 Å². The standard InChI is InChI=1S/C13H26NOP/c1-8-9-10-15-16(13(6)7)14(11(2)3)12(4)5/h1,11-13H,9-10H2,2-7H3. The van der Waals surface area contributed by atoms with Crippen molar-refractivity contribution in [2.45, 2.75) is 65.7 Å². The van der Waals surface area contributed by atoms with Gasteiger partial charge in [-0.3, -0.25) is 4.67 Å². The molecule has 0 bridgehead atoms. The molecule has 0 aliphatic carbocycles. The first kappa shape index (κ1) is 15.9. The third kappa shape index (κ3) is 5.30. The summed E-state index contributed by atoms with van der Waals surface area (Å²) in [5, 5.41) is 0. The first-order valence-corrected chi connectivity index (χ1v) is 7.33. The lowest BCUT2D eigenvalue weighted by molar-refractivity contribution is 0.253. The Kier molecular flexibility index (Phi) is 8.02. The molecule has 1 unspecified atom stereocenters. The van der Waals surface area contributed by atoms with E-state index in [0.717, 1.165) is 0 Å². The van der Waals surface area contributed by atoms with E-state index in [1.807, 2.05) is 0 Å². The van der Waals surface area contributed by atoms with Gasteiger partial charge in [-0.05, 0) is 27.7 Å². The fourth-order valence-electron chi connectivity index (χ4n) is 1.73. The summed E-state index contributed by atoms with van der Waals surface area (Å²) in [5.41, 5.74) is 0.539. The fraction of sp³-hybridized carbons (Fsp3) is 0.846. The van der Waals surface area contributed by atoms with Gasteiger partial charge in [0.2, 0.25) is 0 Å². The van der Waals surface area contributed by atoms with E-state index in [-0.39, 0.29) is 0 Å². The number of nitrogens with zero attached hydrogens (tertiary/aromatic N) is 1. The van der Waals surface area contributed by atoms with Gasteiger partial charge in [-0.2, -0.15) is 0 Å². The van der Waals surface area contributed by atoms with Crippen LogP contribution in [0.25, 0.3) is 0 Å². The topological polar surface area (TPSA) is 12.5 Å². The molecule has 0 heterocycles. The maximum Gasteiger partial charge on any atom is 0.107 e. The highest BCUT2D eigenvalue weighted by atomic mass is 31.2. The average molecular weight is 243 g/mol. The van der Waals surface area contributed by atoms with Crippen LogP contribution in [-0.2, 0) is 4.52 Å². The van der Waals surface area contributed by atoms with Gasteiger partial charge >= 0.3 is 0 Å². The molecule has 0 fully saturated rings. The molecule has 0 aliphatic rings. The van der Waals surface area contributed by atoms with Crippen LogP contribution in [0.1, 0.15) is 48.0 Å². The lowest BCUT2D eigenvalue weighted by Crippen LogP contribution is -2.35. The lowest BCUT2D eigenvalue weighted by atomic mass is 10.3. The normalized spacial score (nSPS) is 13.8. The Balaban J connectivity index is 4.53. The second-order valence-corrected chi connectivity index (χ2v) is 7.11. The Morgan fingerprint density at radius 2 is 1.62 bits per heavy atom. The molecule has 0 amide bonds. The molecule has 0 aromatic heterocycles. The summed E-state index contributed by atoms with van der Waals surface area (Å²) in [6.07, 6.45) is 5.95. The van der Waals surface area contributed by atoms with E-state index in [4.69, 9.17) is 10.9 Å². The van der Waals surface area contributed by atoms with Crippen LogP contribution in [0.15, 0.2) is 0 Å². The molecule has 0 aromatic rings. The van der Waals surface area contributed by atoms with Crippen molar-refractivity contribution in [3.63, 3.8) is 0 Å². The lowest BCUT2D eigenvalue weighted by Gasteiger charge is -2.39. The number of hydrogen-bond donors (Lipinski definition) is 0. The predicted molar refractivity (Wildman–Crippen MR) is 73.6 cm³/mol. The van der Waals surface area contributed by atoms with Gasteiger partial charge in [0.1, 0.15) is 8.30 Å². The summed E-state index contributed by atoms with van der Waals surface area (Å²) < 4.78 is 8.45. The molecule has 0 N–H and O–H groups in total. The van der Waals surface area contributed by atoms with E-state index in [2.05, 4.69) is 52.1 Å². The Morgan fingerprint density at radius 3 is 1.94 bits per heavy atom. The van der Waals surface area contributed by atoms with Crippen LogP contribution in [-0.4, -0.2) is 29.0 Å². The second-order valence-electron chi connectivity index (χ2n) is 4.75. The van der Waals surface area contributed by atoms with Crippen molar-refractivity contribution < 1.29 is 4.52 Å². The summed E-state index contributed by atoms with van der Waals surface area (Å²) in [6.45, 7) is 14.0. The maximum absolute atomic E-state index is 5.98. The molecule has 0 saturated heterocycles. The molecule has 3 heteroatoms. The van der Waals surface area contributed by atoms with Crippen molar-refractivity contribution in [2.75, 3.05) is 6.61 Å². The van der Waals surface area contributed by atoms with Crippen LogP contribution in [0.2, 0.25) is 0 Å². The predicted octanol–water partition coefficient (Wildman–Crippen LogP) is 3.87. The van der Waals surface area contributed by atoms with Gasteiger partial charge in [0, 0.05) is 24.2 Å². The monoisotopic (exact) mass is 243 g/mol. The Labute approximate surface area is 103 Å². The molecule has 2 nitrogen and oxygen atoms in total. The van der Waals surface area contributed by atoms with Crippen LogP contribution in [0.5, 0.6) is 0 Å². The molecule has 0 spiro atoms. The van der Waals surface area contributed by atoms with E-state index in [1.165, 1.54) is 0 Å². The summed E-state index contributed by atoms with van der Waals surface area (Å²) >= 11 is 0. The summed E-state index contributed by atoms with van der Waals surface area (Å²) in [6, 6.07) is 1.03. The average Bonchev–Trinajstić information content (AvgIpc) is 2.14. The highest BCUT2D eigenvalue weighted by molar-refractivity contribution is 7.50. The molecule has 1 atom stereocenters. The molecule has 0 rings (SSSR count). The zero-order chi connectivity index (χ0) is 12.7. The highest BCUT2D eigenvalue weighted by Crippen LogP contribution is 2.48. The molecule has 94 valence electrons. The van der Waals surface area contributed by atoms with E-state index in [9.17, 15) is 0 Å².